The summed E-state index contributed by atoms with van der Waals surface area (Å²) in [5, 5.41) is 12.6. The van der Waals surface area contributed by atoms with Crippen molar-refractivity contribution in [2.45, 2.75) is 50.3 Å². The van der Waals surface area contributed by atoms with E-state index >= 15 is 0 Å². The molecule has 5 nitrogen and oxygen atoms in total. The molecular weight excluding hydrogens is 292 g/mol. The van der Waals surface area contributed by atoms with Crippen LogP contribution in [0.4, 0.5) is 4.79 Å². The third-order valence-electron chi connectivity index (χ3n) is 5.13. The van der Waals surface area contributed by atoms with Crippen LogP contribution in [0.5, 0.6) is 0 Å². The van der Waals surface area contributed by atoms with Crippen molar-refractivity contribution in [1.82, 2.24) is 10.2 Å². The molecule has 3 rings (SSSR count). The maximum absolute atomic E-state index is 11.3. The van der Waals surface area contributed by atoms with Gasteiger partial charge in [-0.1, -0.05) is 36.8 Å². The molecule has 2 N–H and O–H groups in total. The molecule has 0 aromatic heterocycles. The SMILES string of the molecule is O=C(O)OC1(N2CCCCC2Cc2ccccc2)CCNCC1. The molecule has 1 unspecified atom stereocenters. The average Bonchev–Trinajstić information content (AvgIpc) is 2.56. The van der Waals surface area contributed by atoms with E-state index in [1.165, 1.54) is 12.0 Å². The number of piperidine rings is 2. The molecule has 0 amide bonds. The molecule has 1 atom stereocenters. The quantitative estimate of drug-likeness (QED) is 0.836. The monoisotopic (exact) mass is 318 g/mol. The lowest BCUT2D eigenvalue weighted by Crippen LogP contribution is -2.62. The largest absolute Gasteiger partial charge is 0.507 e. The molecule has 2 aliphatic heterocycles. The summed E-state index contributed by atoms with van der Waals surface area (Å²) in [7, 11) is 0. The van der Waals surface area contributed by atoms with Gasteiger partial charge in [0.05, 0.1) is 0 Å². The van der Waals surface area contributed by atoms with Gasteiger partial charge in [-0.05, 0) is 24.8 Å². The molecule has 0 aliphatic carbocycles. The van der Waals surface area contributed by atoms with Crippen LogP contribution in [0.3, 0.4) is 0 Å². The van der Waals surface area contributed by atoms with Gasteiger partial charge in [0.25, 0.3) is 0 Å². The first-order chi connectivity index (χ1) is 11.2. The minimum Gasteiger partial charge on any atom is -0.450 e. The first kappa shape index (κ1) is 16.3. The van der Waals surface area contributed by atoms with Crippen molar-refractivity contribution < 1.29 is 14.6 Å². The first-order valence-electron chi connectivity index (χ1n) is 8.63. The lowest BCUT2D eigenvalue weighted by atomic mass is 9.89. The predicted molar refractivity (Wildman–Crippen MR) is 88.4 cm³/mol. The second-order valence-corrected chi connectivity index (χ2v) is 6.60. The predicted octanol–water partition coefficient (Wildman–Crippen LogP) is 2.86. The van der Waals surface area contributed by atoms with Crippen LogP contribution >= 0.6 is 0 Å². The van der Waals surface area contributed by atoms with Crippen molar-refractivity contribution in [1.29, 1.82) is 0 Å². The lowest BCUT2D eigenvalue weighted by molar-refractivity contribution is -0.166. The summed E-state index contributed by atoms with van der Waals surface area (Å²) in [5.41, 5.74) is 0.653. The summed E-state index contributed by atoms with van der Waals surface area (Å²) < 4.78 is 5.49. The molecule has 1 aromatic carbocycles. The number of nitrogens with zero attached hydrogens (tertiary/aromatic N) is 1. The van der Waals surface area contributed by atoms with Gasteiger partial charge in [-0.15, -0.1) is 0 Å². The van der Waals surface area contributed by atoms with Crippen molar-refractivity contribution >= 4 is 6.16 Å². The Morgan fingerprint density at radius 2 is 2.00 bits per heavy atom. The highest BCUT2D eigenvalue weighted by Crippen LogP contribution is 2.35. The van der Waals surface area contributed by atoms with E-state index in [1.54, 1.807) is 0 Å². The highest BCUT2D eigenvalue weighted by Gasteiger charge is 2.45. The average molecular weight is 318 g/mol. The minimum absolute atomic E-state index is 0.351. The Morgan fingerprint density at radius 3 is 2.70 bits per heavy atom. The van der Waals surface area contributed by atoms with Crippen molar-refractivity contribution in [3.63, 3.8) is 0 Å². The third kappa shape index (κ3) is 3.85. The Morgan fingerprint density at radius 1 is 1.26 bits per heavy atom. The second kappa shape index (κ2) is 7.32. The molecule has 5 heteroatoms. The van der Waals surface area contributed by atoms with Crippen LogP contribution in [0.1, 0.15) is 37.7 Å². The topological polar surface area (TPSA) is 61.8 Å². The maximum atomic E-state index is 11.3. The van der Waals surface area contributed by atoms with Crippen LogP contribution in [-0.4, -0.2) is 47.6 Å². The number of likely N-dealkylation sites (tertiary alicyclic amines) is 1. The van der Waals surface area contributed by atoms with Gasteiger partial charge in [0, 0.05) is 38.5 Å². The summed E-state index contributed by atoms with van der Waals surface area (Å²) in [5.74, 6) is 0. The number of ether oxygens (including phenoxy) is 1. The fraction of sp³-hybridized carbons (Fsp3) is 0.611. The summed E-state index contributed by atoms with van der Waals surface area (Å²) in [6.45, 7) is 2.54. The summed E-state index contributed by atoms with van der Waals surface area (Å²) in [6.07, 6.45) is 4.68. The van der Waals surface area contributed by atoms with Gasteiger partial charge < -0.3 is 15.2 Å². The zero-order valence-electron chi connectivity index (χ0n) is 13.5. The molecule has 0 radical (unpaired) electrons. The third-order valence-corrected chi connectivity index (χ3v) is 5.13. The Hall–Kier alpha value is -1.59. The molecule has 2 aliphatic rings. The van der Waals surface area contributed by atoms with Crippen LogP contribution in [0.2, 0.25) is 0 Å². The number of rotatable bonds is 4. The number of carbonyl (C=O) groups is 1. The number of nitrogens with one attached hydrogen (secondary N) is 1. The van der Waals surface area contributed by atoms with E-state index in [9.17, 15) is 9.90 Å². The number of benzene rings is 1. The van der Waals surface area contributed by atoms with Crippen LogP contribution in [0, 0.1) is 0 Å². The minimum atomic E-state index is -1.16. The molecule has 1 aromatic rings. The van der Waals surface area contributed by atoms with Crippen molar-refractivity contribution in [3.8, 4) is 0 Å². The van der Waals surface area contributed by atoms with Gasteiger partial charge in [0.15, 0.2) is 5.72 Å². The molecule has 2 fully saturated rings. The second-order valence-electron chi connectivity index (χ2n) is 6.60. The number of hydrogen-bond acceptors (Lipinski definition) is 4. The van der Waals surface area contributed by atoms with Crippen molar-refractivity contribution in [2.75, 3.05) is 19.6 Å². The maximum Gasteiger partial charge on any atom is 0.507 e. The van der Waals surface area contributed by atoms with E-state index in [1.807, 2.05) is 6.07 Å². The van der Waals surface area contributed by atoms with Crippen molar-refractivity contribution in [3.05, 3.63) is 35.9 Å². The Balaban J connectivity index is 1.81. The molecule has 0 saturated carbocycles. The number of carboxylic acid groups (broad SMARTS) is 1. The van der Waals surface area contributed by atoms with Crippen LogP contribution in [0.25, 0.3) is 0 Å². The van der Waals surface area contributed by atoms with E-state index < -0.39 is 11.9 Å². The van der Waals surface area contributed by atoms with E-state index in [2.05, 4.69) is 34.5 Å². The van der Waals surface area contributed by atoms with Crippen LogP contribution in [0.15, 0.2) is 30.3 Å². The highest BCUT2D eigenvalue weighted by atomic mass is 16.7. The normalized spacial score (nSPS) is 25.0. The van der Waals surface area contributed by atoms with Gasteiger partial charge >= 0.3 is 6.16 Å². The molecule has 126 valence electrons. The zero-order valence-corrected chi connectivity index (χ0v) is 13.5. The summed E-state index contributed by atoms with van der Waals surface area (Å²) >= 11 is 0. The molecule has 2 saturated heterocycles. The summed E-state index contributed by atoms with van der Waals surface area (Å²) in [6, 6.07) is 10.8. The van der Waals surface area contributed by atoms with Gasteiger partial charge in [-0.25, -0.2) is 4.79 Å². The number of hydrogen-bond donors (Lipinski definition) is 2. The smallest absolute Gasteiger partial charge is 0.450 e. The van der Waals surface area contributed by atoms with Crippen molar-refractivity contribution in [2.24, 2.45) is 0 Å². The summed E-state index contributed by atoms with van der Waals surface area (Å²) in [4.78, 5) is 13.7. The van der Waals surface area contributed by atoms with Gasteiger partial charge in [0.1, 0.15) is 0 Å². The first-order valence-corrected chi connectivity index (χ1v) is 8.63. The Labute approximate surface area is 137 Å². The zero-order chi connectivity index (χ0) is 16.1. The standard InChI is InChI=1S/C18H26N2O3/c21-17(22)23-18(9-11-19-12-10-18)20-13-5-4-8-16(20)14-15-6-2-1-3-7-15/h1-3,6-7,16,19H,4-5,8-14H2,(H,21,22). The highest BCUT2D eigenvalue weighted by molar-refractivity contribution is 5.57. The Kier molecular flexibility index (Phi) is 5.18. The molecular formula is C18H26N2O3. The molecule has 23 heavy (non-hydrogen) atoms. The fourth-order valence-electron chi connectivity index (χ4n) is 4.06. The van der Waals surface area contributed by atoms with Crippen LogP contribution in [-0.2, 0) is 11.2 Å². The van der Waals surface area contributed by atoms with Gasteiger partial charge in [-0.2, -0.15) is 0 Å². The van der Waals surface area contributed by atoms with E-state index in [4.69, 9.17) is 4.74 Å². The van der Waals surface area contributed by atoms with E-state index in [0.29, 0.717) is 6.04 Å². The lowest BCUT2D eigenvalue weighted by Gasteiger charge is -2.50. The van der Waals surface area contributed by atoms with Gasteiger partial charge in [0.2, 0.25) is 0 Å². The molecule has 2 heterocycles. The van der Waals surface area contributed by atoms with E-state index in [0.717, 1.165) is 51.7 Å². The van der Waals surface area contributed by atoms with Gasteiger partial charge in [-0.3, -0.25) is 4.90 Å². The van der Waals surface area contributed by atoms with E-state index in [-0.39, 0.29) is 0 Å². The molecule has 0 spiro atoms. The molecule has 0 bridgehead atoms. The Bertz CT molecular complexity index is 514. The fourth-order valence-corrected chi connectivity index (χ4v) is 4.06. The van der Waals surface area contributed by atoms with Crippen LogP contribution < -0.4 is 5.32 Å².